The van der Waals surface area contributed by atoms with Crippen LogP contribution in [0.5, 0.6) is 0 Å². The van der Waals surface area contributed by atoms with E-state index in [2.05, 4.69) is 9.97 Å². The van der Waals surface area contributed by atoms with Crippen LogP contribution in [0.3, 0.4) is 0 Å². The highest BCUT2D eigenvalue weighted by Crippen LogP contribution is 2.16. The van der Waals surface area contributed by atoms with Gasteiger partial charge in [-0.25, -0.2) is 14.8 Å². The van der Waals surface area contributed by atoms with E-state index in [1.54, 1.807) is 0 Å². The molecule has 0 radical (unpaired) electrons. The van der Waals surface area contributed by atoms with Crippen LogP contribution in [0.1, 0.15) is 48.1 Å². The number of aryl methyl sites for hydroxylation is 1. The van der Waals surface area contributed by atoms with E-state index in [0.29, 0.717) is 24.4 Å². The van der Waals surface area contributed by atoms with Crippen LogP contribution in [0.4, 0.5) is 0 Å². The largest absolute Gasteiger partial charge is 0.478 e. The first-order valence-corrected chi connectivity index (χ1v) is 6.40. The highest BCUT2D eigenvalue weighted by atomic mass is 16.5. The third kappa shape index (κ3) is 3.04. The predicted octanol–water partition coefficient (Wildman–Crippen LogP) is 1.85. The van der Waals surface area contributed by atoms with E-state index in [0.717, 1.165) is 25.9 Å². The first kappa shape index (κ1) is 13.0. The summed E-state index contributed by atoms with van der Waals surface area (Å²) in [5.41, 5.74) is 0.848. The van der Waals surface area contributed by atoms with Gasteiger partial charge in [-0.15, -0.1) is 0 Å². The first-order valence-electron chi connectivity index (χ1n) is 6.40. The second-order valence-electron chi connectivity index (χ2n) is 4.54. The van der Waals surface area contributed by atoms with Crippen LogP contribution < -0.4 is 0 Å². The van der Waals surface area contributed by atoms with Gasteiger partial charge in [-0.3, -0.25) is 0 Å². The lowest BCUT2D eigenvalue weighted by molar-refractivity contribution is 0.0694. The van der Waals surface area contributed by atoms with Crippen molar-refractivity contribution in [2.24, 2.45) is 0 Å². The Hall–Kier alpha value is -1.49. The van der Waals surface area contributed by atoms with Crippen molar-refractivity contribution in [2.45, 2.75) is 45.1 Å². The van der Waals surface area contributed by atoms with Crippen molar-refractivity contribution in [3.8, 4) is 0 Å². The zero-order chi connectivity index (χ0) is 13.0. The van der Waals surface area contributed by atoms with Crippen molar-refractivity contribution >= 4 is 5.97 Å². The van der Waals surface area contributed by atoms with Crippen molar-refractivity contribution in [2.75, 3.05) is 6.61 Å². The van der Waals surface area contributed by atoms with Crippen LogP contribution in [-0.4, -0.2) is 33.8 Å². The molecule has 1 atom stereocenters. The fourth-order valence-electron chi connectivity index (χ4n) is 2.17. The van der Waals surface area contributed by atoms with E-state index in [4.69, 9.17) is 9.84 Å². The molecule has 1 N–H and O–H groups in total. The van der Waals surface area contributed by atoms with Gasteiger partial charge in [0, 0.05) is 19.2 Å². The smallest absolute Gasteiger partial charge is 0.339 e. The molecule has 1 fully saturated rings. The molecule has 0 amide bonds. The quantitative estimate of drug-likeness (QED) is 0.863. The van der Waals surface area contributed by atoms with Gasteiger partial charge in [0.1, 0.15) is 5.82 Å². The van der Waals surface area contributed by atoms with Gasteiger partial charge < -0.3 is 9.84 Å². The number of rotatable bonds is 5. The minimum absolute atomic E-state index is 0.190. The summed E-state index contributed by atoms with van der Waals surface area (Å²) < 4.78 is 5.54. The second kappa shape index (κ2) is 5.91. The maximum absolute atomic E-state index is 11.0. The van der Waals surface area contributed by atoms with Gasteiger partial charge in [0.15, 0.2) is 0 Å². The van der Waals surface area contributed by atoms with Gasteiger partial charge in [-0.05, 0) is 19.3 Å². The zero-order valence-electron chi connectivity index (χ0n) is 10.6. The van der Waals surface area contributed by atoms with Crippen LogP contribution in [0.2, 0.25) is 0 Å². The van der Waals surface area contributed by atoms with E-state index in [1.807, 2.05) is 6.92 Å². The molecule has 1 aromatic heterocycles. The van der Waals surface area contributed by atoms with Crippen LogP contribution in [-0.2, 0) is 17.6 Å². The molecule has 0 saturated carbocycles. The average Bonchev–Trinajstić information content (AvgIpc) is 2.82. The van der Waals surface area contributed by atoms with Crippen LogP contribution in [0.15, 0.2) is 6.20 Å². The van der Waals surface area contributed by atoms with Gasteiger partial charge in [0.25, 0.3) is 0 Å². The lowest BCUT2D eigenvalue weighted by Crippen LogP contribution is -2.14. The number of carboxylic acid groups (broad SMARTS) is 1. The minimum atomic E-state index is -0.956. The van der Waals surface area contributed by atoms with Crippen LogP contribution in [0, 0.1) is 0 Å². The van der Waals surface area contributed by atoms with Crippen molar-refractivity contribution < 1.29 is 14.6 Å². The summed E-state index contributed by atoms with van der Waals surface area (Å²) in [7, 11) is 0. The molecule has 2 rings (SSSR count). The third-order valence-corrected chi connectivity index (χ3v) is 3.07. The third-order valence-electron chi connectivity index (χ3n) is 3.07. The fraction of sp³-hybridized carbons (Fsp3) is 0.615. The Kier molecular flexibility index (Phi) is 4.25. The highest BCUT2D eigenvalue weighted by molar-refractivity contribution is 5.88. The van der Waals surface area contributed by atoms with E-state index >= 15 is 0 Å². The van der Waals surface area contributed by atoms with E-state index in [1.165, 1.54) is 6.20 Å². The molecule has 0 aromatic carbocycles. The van der Waals surface area contributed by atoms with Gasteiger partial charge in [-0.1, -0.05) is 13.3 Å². The first-order chi connectivity index (χ1) is 8.70. The Balaban J connectivity index is 2.16. The molecule has 18 heavy (non-hydrogen) atoms. The molecule has 5 heteroatoms. The number of carbonyl (C=O) groups is 1. The van der Waals surface area contributed by atoms with Crippen molar-refractivity contribution in [1.82, 2.24) is 9.97 Å². The molecule has 0 spiro atoms. The topological polar surface area (TPSA) is 72.3 Å². The number of hydrogen-bond donors (Lipinski definition) is 1. The minimum Gasteiger partial charge on any atom is -0.478 e. The molecule has 1 saturated heterocycles. The molecule has 2 heterocycles. The fourth-order valence-corrected chi connectivity index (χ4v) is 2.17. The summed E-state index contributed by atoms with van der Waals surface area (Å²) in [6.45, 7) is 2.81. The van der Waals surface area contributed by atoms with E-state index < -0.39 is 5.97 Å². The molecule has 1 aliphatic rings. The summed E-state index contributed by atoms with van der Waals surface area (Å²) in [5.74, 6) is -0.266. The Labute approximate surface area is 106 Å². The number of aromatic carboxylic acids is 1. The molecular weight excluding hydrogens is 232 g/mol. The second-order valence-corrected chi connectivity index (χ2v) is 4.54. The summed E-state index contributed by atoms with van der Waals surface area (Å²) in [5, 5.41) is 9.06. The molecular formula is C13H18N2O3. The standard InChI is InChI=1S/C13H18N2O3/c1-2-4-11-10(13(16)17)8-14-12(15-11)7-9-5-3-6-18-9/h8-9H,2-7H2,1H3,(H,16,17). The highest BCUT2D eigenvalue weighted by Gasteiger charge is 2.19. The Morgan fingerprint density at radius 2 is 2.44 bits per heavy atom. The van der Waals surface area contributed by atoms with Crippen molar-refractivity contribution in [3.63, 3.8) is 0 Å². The van der Waals surface area contributed by atoms with Crippen LogP contribution >= 0.6 is 0 Å². The predicted molar refractivity (Wildman–Crippen MR) is 65.7 cm³/mol. The van der Waals surface area contributed by atoms with Gasteiger partial charge >= 0.3 is 5.97 Å². The normalized spacial score (nSPS) is 19.1. The molecule has 1 aliphatic heterocycles. The molecule has 1 unspecified atom stereocenters. The van der Waals surface area contributed by atoms with Crippen LogP contribution in [0.25, 0.3) is 0 Å². The average molecular weight is 250 g/mol. The maximum atomic E-state index is 11.0. The number of aromatic nitrogens is 2. The molecule has 0 bridgehead atoms. The number of ether oxygens (including phenoxy) is 1. The maximum Gasteiger partial charge on any atom is 0.339 e. The van der Waals surface area contributed by atoms with E-state index in [9.17, 15) is 4.79 Å². The molecule has 98 valence electrons. The monoisotopic (exact) mass is 250 g/mol. The van der Waals surface area contributed by atoms with Gasteiger partial charge in [-0.2, -0.15) is 0 Å². The zero-order valence-corrected chi connectivity index (χ0v) is 10.6. The SMILES string of the molecule is CCCc1nc(CC2CCCO2)ncc1C(=O)O. The molecule has 5 nitrogen and oxygen atoms in total. The molecule has 0 aliphatic carbocycles. The van der Waals surface area contributed by atoms with Crippen molar-refractivity contribution in [1.29, 1.82) is 0 Å². The summed E-state index contributed by atoms with van der Waals surface area (Å²) in [6, 6.07) is 0. The summed E-state index contributed by atoms with van der Waals surface area (Å²) in [6.07, 6.45) is 5.95. The van der Waals surface area contributed by atoms with E-state index in [-0.39, 0.29) is 11.7 Å². The lowest BCUT2D eigenvalue weighted by atomic mass is 10.1. The Morgan fingerprint density at radius 1 is 1.61 bits per heavy atom. The van der Waals surface area contributed by atoms with Gasteiger partial charge in [0.05, 0.1) is 17.4 Å². The summed E-state index contributed by atoms with van der Waals surface area (Å²) in [4.78, 5) is 19.6. The van der Waals surface area contributed by atoms with Crippen molar-refractivity contribution in [3.05, 3.63) is 23.3 Å². The van der Waals surface area contributed by atoms with Gasteiger partial charge in [0.2, 0.25) is 0 Å². The number of nitrogens with zero attached hydrogens (tertiary/aromatic N) is 2. The Bertz CT molecular complexity index is 428. The number of carboxylic acids is 1. The Morgan fingerprint density at radius 3 is 3.06 bits per heavy atom. The number of hydrogen-bond acceptors (Lipinski definition) is 4. The summed E-state index contributed by atoms with van der Waals surface area (Å²) >= 11 is 0. The molecule has 1 aromatic rings. The lowest BCUT2D eigenvalue weighted by Gasteiger charge is -2.10.